The van der Waals surface area contributed by atoms with E-state index in [1.54, 1.807) is 0 Å². The summed E-state index contributed by atoms with van der Waals surface area (Å²) in [5.41, 5.74) is 0. The molecule has 3 fully saturated rings. The Morgan fingerprint density at radius 2 is 1.77 bits per heavy atom. The molecule has 13 heavy (non-hydrogen) atoms. The summed E-state index contributed by atoms with van der Waals surface area (Å²) in [6, 6.07) is 0. The highest BCUT2D eigenvalue weighted by molar-refractivity contribution is 5.81. The fraction of sp³-hybridized carbons (Fsp3) is 0.917. The van der Waals surface area contributed by atoms with Gasteiger partial charge in [0.05, 0.1) is 0 Å². The van der Waals surface area contributed by atoms with Crippen LogP contribution in [-0.2, 0) is 4.79 Å². The third-order valence-electron chi connectivity index (χ3n) is 4.89. The van der Waals surface area contributed by atoms with E-state index in [9.17, 15) is 4.79 Å². The van der Waals surface area contributed by atoms with Gasteiger partial charge in [0, 0.05) is 12.3 Å². The van der Waals surface area contributed by atoms with Gasteiger partial charge >= 0.3 is 0 Å². The Hall–Kier alpha value is -0.330. The molecule has 0 spiro atoms. The molecular weight excluding hydrogens is 160 g/mol. The van der Waals surface area contributed by atoms with Crippen molar-refractivity contribution < 1.29 is 4.79 Å². The highest BCUT2D eigenvalue weighted by Gasteiger charge is 2.50. The van der Waals surface area contributed by atoms with E-state index in [1.807, 2.05) is 0 Å². The normalized spacial score (nSPS) is 53.9. The van der Waals surface area contributed by atoms with Gasteiger partial charge in [-0.2, -0.15) is 0 Å². The molecule has 0 amide bonds. The second-order valence-electron chi connectivity index (χ2n) is 5.47. The van der Waals surface area contributed by atoms with Gasteiger partial charge in [0.15, 0.2) is 0 Å². The molecule has 72 valence electrons. The van der Waals surface area contributed by atoms with E-state index < -0.39 is 0 Å². The number of rotatable bonds is 0. The zero-order valence-electron chi connectivity index (χ0n) is 8.33. The predicted octanol–water partition coefficient (Wildman–Crippen LogP) is 2.65. The summed E-state index contributed by atoms with van der Waals surface area (Å²) in [7, 11) is 0. The first-order valence-corrected chi connectivity index (χ1v) is 5.78. The van der Waals surface area contributed by atoms with Gasteiger partial charge < -0.3 is 0 Å². The van der Waals surface area contributed by atoms with Crippen LogP contribution >= 0.6 is 0 Å². The summed E-state index contributed by atoms with van der Waals surface area (Å²) < 4.78 is 0. The first kappa shape index (κ1) is 8.02. The van der Waals surface area contributed by atoms with E-state index in [1.165, 1.54) is 25.7 Å². The second-order valence-corrected chi connectivity index (χ2v) is 5.47. The largest absolute Gasteiger partial charge is 0.299 e. The van der Waals surface area contributed by atoms with E-state index >= 15 is 0 Å². The van der Waals surface area contributed by atoms with Crippen molar-refractivity contribution >= 4 is 5.78 Å². The summed E-state index contributed by atoms with van der Waals surface area (Å²) in [4.78, 5) is 11.6. The summed E-state index contributed by atoms with van der Waals surface area (Å²) >= 11 is 0. The average Bonchev–Trinajstić information content (AvgIpc) is 2.67. The van der Waals surface area contributed by atoms with Gasteiger partial charge in [0.1, 0.15) is 5.78 Å². The number of hydrogen-bond donors (Lipinski definition) is 0. The van der Waals surface area contributed by atoms with Crippen molar-refractivity contribution in [2.75, 3.05) is 0 Å². The quantitative estimate of drug-likeness (QED) is 0.557. The van der Waals surface area contributed by atoms with Crippen molar-refractivity contribution in [3.05, 3.63) is 0 Å². The zero-order chi connectivity index (χ0) is 9.00. The Kier molecular flexibility index (Phi) is 1.59. The highest BCUT2D eigenvalue weighted by atomic mass is 16.1. The van der Waals surface area contributed by atoms with Crippen LogP contribution in [0.3, 0.4) is 0 Å². The van der Waals surface area contributed by atoms with Crippen LogP contribution in [0.25, 0.3) is 0 Å². The van der Waals surface area contributed by atoms with E-state index in [2.05, 4.69) is 6.92 Å². The van der Waals surface area contributed by atoms with Crippen LogP contribution in [-0.4, -0.2) is 5.78 Å². The van der Waals surface area contributed by atoms with Crippen LogP contribution in [0.1, 0.15) is 39.0 Å². The number of hydrogen-bond acceptors (Lipinski definition) is 1. The van der Waals surface area contributed by atoms with Crippen LogP contribution in [0.4, 0.5) is 0 Å². The van der Waals surface area contributed by atoms with Crippen LogP contribution in [0.2, 0.25) is 0 Å². The molecule has 0 radical (unpaired) electrons. The average molecular weight is 178 g/mol. The van der Waals surface area contributed by atoms with E-state index in [4.69, 9.17) is 0 Å². The third kappa shape index (κ3) is 1.02. The SMILES string of the molecule is C[C@@H]1CC2C3CCC(C3)C2CC1=O. The molecule has 4 unspecified atom stereocenters. The fourth-order valence-electron chi connectivity index (χ4n) is 4.19. The smallest absolute Gasteiger partial charge is 0.136 e. The minimum atomic E-state index is 0.376. The molecule has 0 N–H and O–H groups in total. The standard InChI is InChI=1S/C12H18O/c1-7-4-10-8-2-3-9(5-8)11(10)6-12(7)13/h7-11H,2-6H2,1H3/t7-,8?,9?,10?,11?/m1/s1. The number of ketones is 1. The highest BCUT2D eigenvalue weighted by Crippen LogP contribution is 2.57. The predicted molar refractivity (Wildman–Crippen MR) is 51.2 cm³/mol. The number of carbonyl (C=O) groups is 1. The molecule has 3 aliphatic rings. The van der Waals surface area contributed by atoms with E-state index in [0.29, 0.717) is 11.7 Å². The Balaban J connectivity index is 1.84. The minimum Gasteiger partial charge on any atom is -0.299 e. The molecule has 3 aliphatic carbocycles. The van der Waals surface area contributed by atoms with Gasteiger partial charge in [-0.25, -0.2) is 0 Å². The van der Waals surface area contributed by atoms with Gasteiger partial charge in [-0.3, -0.25) is 4.79 Å². The van der Waals surface area contributed by atoms with Crippen LogP contribution in [0.5, 0.6) is 0 Å². The molecule has 0 saturated heterocycles. The van der Waals surface area contributed by atoms with Crippen LogP contribution in [0.15, 0.2) is 0 Å². The van der Waals surface area contributed by atoms with Crippen molar-refractivity contribution in [3.8, 4) is 0 Å². The van der Waals surface area contributed by atoms with E-state index in [0.717, 1.165) is 30.1 Å². The molecular formula is C12H18O. The van der Waals surface area contributed by atoms with Gasteiger partial charge in [-0.1, -0.05) is 6.92 Å². The van der Waals surface area contributed by atoms with Crippen LogP contribution in [0, 0.1) is 29.6 Å². The fourth-order valence-corrected chi connectivity index (χ4v) is 4.19. The van der Waals surface area contributed by atoms with Crippen molar-refractivity contribution in [1.29, 1.82) is 0 Å². The zero-order valence-corrected chi connectivity index (χ0v) is 8.33. The monoisotopic (exact) mass is 178 g/mol. The molecule has 0 aliphatic heterocycles. The first-order chi connectivity index (χ1) is 6.25. The van der Waals surface area contributed by atoms with Crippen LogP contribution < -0.4 is 0 Å². The Morgan fingerprint density at radius 1 is 1.08 bits per heavy atom. The van der Waals surface area contributed by atoms with Crippen molar-refractivity contribution in [2.24, 2.45) is 29.6 Å². The Morgan fingerprint density at radius 3 is 2.54 bits per heavy atom. The lowest BCUT2D eigenvalue weighted by Crippen LogP contribution is -2.34. The minimum absolute atomic E-state index is 0.376. The molecule has 0 aromatic carbocycles. The molecule has 0 aromatic heterocycles. The second kappa shape index (κ2) is 2.59. The molecule has 3 rings (SSSR count). The lowest BCUT2D eigenvalue weighted by Gasteiger charge is -2.36. The van der Waals surface area contributed by atoms with Gasteiger partial charge in [0.25, 0.3) is 0 Å². The summed E-state index contributed by atoms with van der Waals surface area (Å²) in [5, 5.41) is 0. The van der Waals surface area contributed by atoms with Gasteiger partial charge in [-0.05, 0) is 49.4 Å². The van der Waals surface area contributed by atoms with Crippen molar-refractivity contribution in [2.45, 2.75) is 39.0 Å². The number of fused-ring (bicyclic) bond motifs is 5. The molecule has 0 aromatic rings. The third-order valence-corrected chi connectivity index (χ3v) is 4.89. The maximum Gasteiger partial charge on any atom is 0.136 e. The number of carbonyl (C=O) groups excluding carboxylic acids is 1. The summed E-state index contributed by atoms with van der Waals surface area (Å²) in [5.74, 6) is 4.61. The molecule has 3 saturated carbocycles. The van der Waals surface area contributed by atoms with E-state index in [-0.39, 0.29) is 0 Å². The maximum absolute atomic E-state index is 11.6. The Bertz CT molecular complexity index is 246. The molecule has 0 heterocycles. The lowest BCUT2D eigenvalue weighted by atomic mass is 9.67. The number of Topliss-reactive ketones (excluding diaryl/α,β-unsaturated/α-hetero) is 1. The molecule has 1 heteroatoms. The first-order valence-electron chi connectivity index (χ1n) is 5.78. The molecule has 1 nitrogen and oxygen atoms in total. The van der Waals surface area contributed by atoms with Gasteiger partial charge in [0.2, 0.25) is 0 Å². The summed E-state index contributed by atoms with van der Waals surface area (Å²) in [6.07, 6.45) is 6.48. The Labute approximate surface area is 79.9 Å². The summed E-state index contributed by atoms with van der Waals surface area (Å²) in [6.45, 7) is 2.13. The van der Waals surface area contributed by atoms with Crippen molar-refractivity contribution in [3.63, 3.8) is 0 Å². The van der Waals surface area contributed by atoms with Crippen molar-refractivity contribution in [1.82, 2.24) is 0 Å². The van der Waals surface area contributed by atoms with Gasteiger partial charge in [-0.15, -0.1) is 0 Å². The lowest BCUT2D eigenvalue weighted by molar-refractivity contribution is -0.127. The topological polar surface area (TPSA) is 17.1 Å². The molecule has 2 bridgehead atoms. The molecule has 5 atom stereocenters. The maximum atomic E-state index is 11.6.